The molecule has 0 N–H and O–H groups in total. The normalized spacial score (nSPS) is 26.3. The minimum absolute atomic E-state index is 0.199. The molecule has 1 amide bonds. The summed E-state index contributed by atoms with van der Waals surface area (Å²) in [4.78, 5) is 18.8. The lowest BCUT2D eigenvalue weighted by molar-refractivity contribution is -0.138. The molecule has 132 valence electrons. The molecule has 1 aromatic rings. The fourth-order valence-electron chi connectivity index (χ4n) is 3.99. The smallest absolute Gasteiger partial charge is 0.226 e. The average Bonchev–Trinajstić information content (AvgIpc) is 3.10. The molecule has 0 radical (unpaired) electrons. The van der Waals surface area contributed by atoms with E-state index in [2.05, 4.69) is 21.2 Å². The number of amides is 1. The van der Waals surface area contributed by atoms with Crippen molar-refractivity contribution in [2.24, 2.45) is 5.92 Å². The number of nitrogens with zero attached hydrogens (tertiary/aromatic N) is 2. The highest BCUT2D eigenvalue weighted by molar-refractivity contribution is 7.10. The van der Waals surface area contributed by atoms with E-state index >= 15 is 0 Å². The topological polar surface area (TPSA) is 42.0 Å². The molecule has 1 unspecified atom stereocenters. The Morgan fingerprint density at radius 3 is 2.92 bits per heavy atom. The van der Waals surface area contributed by atoms with Crippen molar-refractivity contribution in [2.45, 2.75) is 31.9 Å². The van der Waals surface area contributed by atoms with E-state index in [1.54, 1.807) is 0 Å². The van der Waals surface area contributed by atoms with Gasteiger partial charge in [0.15, 0.2) is 0 Å². The van der Waals surface area contributed by atoms with Crippen molar-refractivity contribution in [1.82, 2.24) is 9.80 Å². The summed E-state index contributed by atoms with van der Waals surface area (Å²) in [5, 5.41) is 2.15. The van der Waals surface area contributed by atoms with Crippen LogP contribution in [-0.2, 0) is 27.2 Å². The lowest BCUT2D eigenvalue weighted by atomic mass is 9.94. The molecule has 24 heavy (non-hydrogen) atoms. The maximum Gasteiger partial charge on any atom is 0.226 e. The van der Waals surface area contributed by atoms with Gasteiger partial charge in [-0.1, -0.05) is 0 Å². The first-order valence-corrected chi connectivity index (χ1v) is 9.93. The molecule has 5 nitrogen and oxygen atoms in total. The van der Waals surface area contributed by atoms with Gasteiger partial charge in [-0.25, -0.2) is 0 Å². The summed E-state index contributed by atoms with van der Waals surface area (Å²) >= 11 is 1.82. The van der Waals surface area contributed by atoms with Crippen LogP contribution in [0.1, 0.15) is 23.3 Å². The molecule has 4 heterocycles. The van der Waals surface area contributed by atoms with Crippen LogP contribution < -0.4 is 0 Å². The molecular formula is C18H26N2O3S. The third-order valence-corrected chi connectivity index (χ3v) is 6.43. The highest BCUT2D eigenvalue weighted by Gasteiger charge is 2.31. The Morgan fingerprint density at radius 1 is 1.25 bits per heavy atom. The summed E-state index contributed by atoms with van der Waals surface area (Å²) < 4.78 is 11.2. The third-order valence-electron chi connectivity index (χ3n) is 5.40. The van der Waals surface area contributed by atoms with Crippen molar-refractivity contribution in [3.8, 4) is 0 Å². The maximum atomic E-state index is 12.8. The molecule has 6 heteroatoms. The van der Waals surface area contributed by atoms with Crippen LogP contribution in [0, 0.1) is 5.92 Å². The van der Waals surface area contributed by atoms with Crippen molar-refractivity contribution in [2.75, 3.05) is 46.0 Å². The molecule has 3 aliphatic heterocycles. The van der Waals surface area contributed by atoms with Gasteiger partial charge in [-0.05, 0) is 49.4 Å². The molecule has 0 aliphatic carbocycles. The van der Waals surface area contributed by atoms with Crippen LogP contribution in [0.5, 0.6) is 0 Å². The molecule has 1 aromatic heterocycles. The van der Waals surface area contributed by atoms with E-state index in [0.29, 0.717) is 19.1 Å². The molecule has 4 rings (SSSR count). The number of rotatable bonds is 3. The van der Waals surface area contributed by atoms with E-state index in [1.165, 1.54) is 10.4 Å². The van der Waals surface area contributed by atoms with Gasteiger partial charge in [-0.3, -0.25) is 4.79 Å². The van der Waals surface area contributed by atoms with Gasteiger partial charge in [0.05, 0.1) is 25.9 Å². The van der Waals surface area contributed by atoms with Gasteiger partial charge in [0.2, 0.25) is 5.91 Å². The average molecular weight is 350 g/mol. The van der Waals surface area contributed by atoms with Crippen LogP contribution in [0.4, 0.5) is 0 Å². The molecule has 0 saturated carbocycles. The van der Waals surface area contributed by atoms with Gasteiger partial charge >= 0.3 is 0 Å². The number of likely N-dealkylation sites (tertiary alicyclic amines) is 1. The number of fused-ring (bicyclic) bond motifs is 1. The molecule has 0 spiro atoms. The molecule has 0 bridgehead atoms. The minimum Gasteiger partial charge on any atom is -0.376 e. The second kappa shape index (κ2) is 7.52. The summed E-state index contributed by atoms with van der Waals surface area (Å²) in [5.74, 6) is 0.564. The Hall–Kier alpha value is -0.950. The van der Waals surface area contributed by atoms with Crippen LogP contribution in [0.25, 0.3) is 0 Å². The first kappa shape index (κ1) is 16.5. The zero-order chi connectivity index (χ0) is 16.4. The Bertz CT molecular complexity index is 562. The zero-order valence-corrected chi connectivity index (χ0v) is 14.9. The Kier molecular flexibility index (Phi) is 5.17. The lowest BCUT2D eigenvalue weighted by Crippen LogP contribution is -2.47. The molecule has 1 atom stereocenters. The fraction of sp³-hybridized carbons (Fsp3) is 0.722. The predicted octanol–water partition coefficient (Wildman–Crippen LogP) is 1.76. The van der Waals surface area contributed by atoms with E-state index in [4.69, 9.17) is 9.47 Å². The molecule has 0 aromatic carbocycles. The van der Waals surface area contributed by atoms with E-state index in [1.807, 2.05) is 11.3 Å². The van der Waals surface area contributed by atoms with Crippen LogP contribution in [0.3, 0.4) is 0 Å². The van der Waals surface area contributed by atoms with Crippen LogP contribution in [0.15, 0.2) is 11.4 Å². The first-order valence-electron chi connectivity index (χ1n) is 9.05. The van der Waals surface area contributed by atoms with Gasteiger partial charge in [-0.15, -0.1) is 11.3 Å². The van der Waals surface area contributed by atoms with E-state index in [0.717, 1.165) is 58.6 Å². The van der Waals surface area contributed by atoms with Gasteiger partial charge in [0.25, 0.3) is 0 Å². The van der Waals surface area contributed by atoms with Gasteiger partial charge < -0.3 is 19.3 Å². The number of carbonyl (C=O) groups is 1. The third kappa shape index (κ3) is 3.67. The van der Waals surface area contributed by atoms with E-state index in [-0.39, 0.29) is 12.0 Å². The monoisotopic (exact) mass is 350 g/mol. The summed E-state index contributed by atoms with van der Waals surface area (Å²) in [7, 11) is 0. The molecule has 2 fully saturated rings. The molecule has 2 saturated heterocycles. The number of ether oxygens (including phenoxy) is 2. The number of carbonyl (C=O) groups excluding carboxylic acids is 1. The molecule has 3 aliphatic rings. The summed E-state index contributed by atoms with van der Waals surface area (Å²) in [6.45, 7) is 6.75. The molecular weight excluding hydrogens is 324 g/mol. The van der Waals surface area contributed by atoms with Crippen molar-refractivity contribution >= 4 is 17.2 Å². The van der Waals surface area contributed by atoms with Crippen molar-refractivity contribution < 1.29 is 14.3 Å². The van der Waals surface area contributed by atoms with Crippen LogP contribution in [0.2, 0.25) is 0 Å². The Labute approximate surface area is 147 Å². The number of hydrogen-bond acceptors (Lipinski definition) is 5. The van der Waals surface area contributed by atoms with Gasteiger partial charge in [-0.2, -0.15) is 0 Å². The second-order valence-electron chi connectivity index (χ2n) is 7.02. The highest BCUT2D eigenvalue weighted by atomic mass is 32.1. The Balaban J connectivity index is 1.26. The van der Waals surface area contributed by atoms with Crippen molar-refractivity contribution in [3.05, 3.63) is 21.9 Å². The van der Waals surface area contributed by atoms with Crippen molar-refractivity contribution in [3.63, 3.8) is 0 Å². The maximum absolute atomic E-state index is 12.8. The Morgan fingerprint density at radius 2 is 2.12 bits per heavy atom. The first-order chi connectivity index (χ1) is 11.8. The standard InChI is InChI=1S/C18H26N2O3S/c21-18(20-7-3-17-15(11-20)4-10-24-17)14-1-5-19(6-2-14)12-16-13-22-8-9-23-16/h4,10,14,16H,1-3,5-9,11-13H2. The second-order valence-corrected chi connectivity index (χ2v) is 8.02. The SMILES string of the molecule is O=C(C1CCN(CC2COCCO2)CC1)N1CCc2sccc2C1. The van der Waals surface area contributed by atoms with Crippen LogP contribution >= 0.6 is 11.3 Å². The van der Waals surface area contributed by atoms with E-state index in [9.17, 15) is 4.79 Å². The summed E-state index contributed by atoms with van der Waals surface area (Å²) in [6, 6.07) is 2.17. The predicted molar refractivity (Wildman–Crippen MR) is 93.2 cm³/mol. The fourth-order valence-corrected chi connectivity index (χ4v) is 4.88. The summed E-state index contributed by atoms with van der Waals surface area (Å²) in [5.41, 5.74) is 1.35. The minimum atomic E-state index is 0.199. The quantitative estimate of drug-likeness (QED) is 0.833. The van der Waals surface area contributed by atoms with E-state index < -0.39 is 0 Å². The number of piperidine rings is 1. The lowest BCUT2D eigenvalue weighted by Gasteiger charge is -2.37. The van der Waals surface area contributed by atoms with Gasteiger partial charge in [0.1, 0.15) is 0 Å². The van der Waals surface area contributed by atoms with Crippen LogP contribution in [-0.4, -0.2) is 67.8 Å². The zero-order valence-electron chi connectivity index (χ0n) is 14.1. The largest absolute Gasteiger partial charge is 0.376 e. The summed E-state index contributed by atoms with van der Waals surface area (Å²) in [6.07, 6.45) is 3.17. The highest BCUT2D eigenvalue weighted by Crippen LogP contribution is 2.27. The van der Waals surface area contributed by atoms with Gasteiger partial charge in [0, 0.05) is 30.4 Å². The number of hydrogen-bond donors (Lipinski definition) is 0. The number of thiophene rings is 1. The van der Waals surface area contributed by atoms with Crippen molar-refractivity contribution in [1.29, 1.82) is 0 Å².